The minimum atomic E-state index is 0.0519. The summed E-state index contributed by atoms with van der Waals surface area (Å²) in [6.45, 7) is 1.99. The van der Waals surface area contributed by atoms with E-state index in [1.165, 1.54) is 0 Å². The third-order valence-electron chi connectivity index (χ3n) is 2.68. The van der Waals surface area contributed by atoms with E-state index < -0.39 is 0 Å². The summed E-state index contributed by atoms with van der Waals surface area (Å²) in [5.74, 6) is 0. The maximum Gasteiger partial charge on any atom is 0.134 e. The number of nitrogens with two attached hydrogens (primary N) is 1. The van der Waals surface area contributed by atoms with Gasteiger partial charge < -0.3 is 15.5 Å². The molecule has 0 aliphatic carbocycles. The van der Waals surface area contributed by atoms with Crippen molar-refractivity contribution in [2.24, 2.45) is 5.73 Å². The first-order valence-electron chi connectivity index (χ1n) is 5.13. The van der Waals surface area contributed by atoms with Crippen molar-refractivity contribution in [2.45, 2.75) is 19.0 Å². The van der Waals surface area contributed by atoms with Crippen molar-refractivity contribution in [2.75, 3.05) is 7.05 Å². The van der Waals surface area contributed by atoms with Gasteiger partial charge in [-0.3, -0.25) is 0 Å². The molecular weight excluding hydrogens is 188 g/mol. The third-order valence-corrected chi connectivity index (χ3v) is 2.68. The first-order chi connectivity index (χ1) is 7.24. The fraction of sp³-hybridized carbons (Fsp3) is 0.333. The zero-order valence-corrected chi connectivity index (χ0v) is 9.03. The van der Waals surface area contributed by atoms with Crippen molar-refractivity contribution in [3.05, 3.63) is 36.1 Å². The highest BCUT2D eigenvalue weighted by Gasteiger charge is 2.18. The van der Waals surface area contributed by atoms with E-state index in [2.05, 4.69) is 11.4 Å². The van der Waals surface area contributed by atoms with E-state index in [0.717, 1.165) is 16.5 Å². The van der Waals surface area contributed by atoms with Crippen LogP contribution in [0, 0.1) is 0 Å². The Balaban J connectivity index is 2.51. The summed E-state index contributed by atoms with van der Waals surface area (Å²) in [4.78, 5) is 0. The molecule has 1 aromatic carbocycles. The topological polar surface area (TPSA) is 51.2 Å². The average molecular weight is 204 g/mol. The van der Waals surface area contributed by atoms with Crippen molar-refractivity contribution in [3.63, 3.8) is 0 Å². The van der Waals surface area contributed by atoms with E-state index in [1.54, 1.807) is 6.26 Å². The maximum absolute atomic E-state index is 5.93. The first-order valence-corrected chi connectivity index (χ1v) is 5.13. The van der Waals surface area contributed by atoms with Gasteiger partial charge in [-0.1, -0.05) is 18.2 Å². The molecule has 3 N–H and O–H groups in total. The minimum Gasteiger partial charge on any atom is -0.464 e. The minimum absolute atomic E-state index is 0.0519. The molecule has 0 saturated carbocycles. The monoisotopic (exact) mass is 204 g/mol. The Morgan fingerprint density at radius 2 is 2.07 bits per heavy atom. The van der Waals surface area contributed by atoms with Crippen LogP contribution in [0.1, 0.15) is 18.5 Å². The van der Waals surface area contributed by atoms with Crippen LogP contribution in [0.5, 0.6) is 0 Å². The molecule has 2 aromatic rings. The molecule has 0 saturated heterocycles. The van der Waals surface area contributed by atoms with Gasteiger partial charge in [0.15, 0.2) is 0 Å². The van der Waals surface area contributed by atoms with E-state index in [9.17, 15) is 0 Å². The molecular formula is C12H16N2O. The lowest BCUT2D eigenvalue weighted by Gasteiger charge is -2.18. The molecule has 0 aliphatic rings. The molecule has 3 nitrogen and oxygen atoms in total. The third kappa shape index (κ3) is 1.76. The zero-order valence-electron chi connectivity index (χ0n) is 9.03. The highest BCUT2D eigenvalue weighted by molar-refractivity contribution is 5.81. The summed E-state index contributed by atoms with van der Waals surface area (Å²) in [6.07, 6.45) is 1.79. The van der Waals surface area contributed by atoms with Gasteiger partial charge in [0.1, 0.15) is 5.58 Å². The second-order valence-corrected chi connectivity index (χ2v) is 3.81. The number of benzene rings is 1. The zero-order chi connectivity index (χ0) is 10.8. The Hall–Kier alpha value is -1.32. The molecule has 2 unspecified atom stereocenters. The van der Waals surface area contributed by atoms with E-state index in [4.69, 9.17) is 10.2 Å². The summed E-state index contributed by atoms with van der Waals surface area (Å²) in [7, 11) is 1.91. The lowest BCUT2D eigenvalue weighted by atomic mass is 10.0. The Morgan fingerprint density at radius 1 is 1.33 bits per heavy atom. The summed E-state index contributed by atoms with van der Waals surface area (Å²) in [6, 6.07) is 8.18. The van der Waals surface area contributed by atoms with E-state index in [1.807, 2.05) is 32.2 Å². The number of rotatable bonds is 3. The van der Waals surface area contributed by atoms with Gasteiger partial charge in [0.05, 0.1) is 12.3 Å². The standard InChI is InChI=1S/C12H16N2O/c1-8(13)12(14-2)10-7-15-11-6-4-3-5-9(10)11/h3-8,12,14H,13H2,1-2H3. The quantitative estimate of drug-likeness (QED) is 0.804. The normalized spacial score (nSPS) is 15.4. The number of likely N-dealkylation sites (N-methyl/N-ethyl adjacent to an activating group) is 1. The summed E-state index contributed by atoms with van der Waals surface area (Å²) < 4.78 is 5.49. The second kappa shape index (κ2) is 4.04. The van der Waals surface area contributed by atoms with Crippen LogP contribution in [0.2, 0.25) is 0 Å². The Bertz CT molecular complexity index is 448. The predicted molar refractivity (Wildman–Crippen MR) is 61.7 cm³/mol. The van der Waals surface area contributed by atoms with Crippen LogP contribution in [0.15, 0.2) is 34.9 Å². The molecule has 0 amide bonds. The number of furan rings is 1. The van der Waals surface area contributed by atoms with Crippen LogP contribution in [0.4, 0.5) is 0 Å². The Morgan fingerprint density at radius 3 is 2.73 bits per heavy atom. The van der Waals surface area contributed by atoms with Crippen molar-refractivity contribution in [1.29, 1.82) is 0 Å². The first kappa shape index (κ1) is 10.2. The number of nitrogens with one attached hydrogen (secondary N) is 1. The fourth-order valence-corrected chi connectivity index (χ4v) is 1.94. The van der Waals surface area contributed by atoms with Gasteiger partial charge in [-0.2, -0.15) is 0 Å². The van der Waals surface area contributed by atoms with E-state index in [0.29, 0.717) is 0 Å². The predicted octanol–water partition coefficient (Wildman–Crippen LogP) is 2.04. The molecule has 1 aromatic heterocycles. The molecule has 80 valence electrons. The molecule has 0 radical (unpaired) electrons. The molecule has 1 heterocycles. The van der Waals surface area contributed by atoms with Gasteiger partial charge in [-0.15, -0.1) is 0 Å². The van der Waals surface area contributed by atoms with Gasteiger partial charge in [-0.25, -0.2) is 0 Å². The fourth-order valence-electron chi connectivity index (χ4n) is 1.94. The molecule has 0 aliphatic heterocycles. The van der Waals surface area contributed by atoms with Gasteiger partial charge >= 0.3 is 0 Å². The van der Waals surface area contributed by atoms with E-state index >= 15 is 0 Å². The molecule has 0 spiro atoms. The van der Waals surface area contributed by atoms with Crippen LogP contribution in [-0.2, 0) is 0 Å². The van der Waals surface area contributed by atoms with E-state index in [-0.39, 0.29) is 12.1 Å². The smallest absolute Gasteiger partial charge is 0.134 e. The molecule has 15 heavy (non-hydrogen) atoms. The SMILES string of the molecule is CNC(c1coc2ccccc12)C(C)N. The van der Waals surface area contributed by atoms with Gasteiger partial charge in [0.2, 0.25) is 0 Å². The highest BCUT2D eigenvalue weighted by Crippen LogP contribution is 2.27. The summed E-state index contributed by atoms with van der Waals surface area (Å²) in [5, 5.41) is 4.34. The Kier molecular flexibility index (Phi) is 2.75. The number of para-hydroxylation sites is 1. The van der Waals surface area contributed by atoms with Crippen molar-refractivity contribution < 1.29 is 4.42 Å². The van der Waals surface area contributed by atoms with Crippen molar-refractivity contribution in [1.82, 2.24) is 5.32 Å². The van der Waals surface area contributed by atoms with Crippen LogP contribution in [-0.4, -0.2) is 13.1 Å². The Labute approximate surface area is 89.3 Å². The van der Waals surface area contributed by atoms with Crippen LogP contribution in [0.25, 0.3) is 11.0 Å². The van der Waals surface area contributed by atoms with Crippen LogP contribution in [0.3, 0.4) is 0 Å². The molecule has 2 atom stereocenters. The number of hydrogen-bond acceptors (Lipinski definition) is 3. The largest absolute Gasteiger partial charge is 0.464 e. The van der Waals surface area contributed by atoms with Gasteiger partial charge in [0, 0.05) is 17.0 Å². The molecule has 3 heteroatoms. The average Bonchev–Trinajstić information content (AvgIpc) is 2.63. The number of fused-ring (bicyclic) bond motifs is 1. The lowest BCUT2D eigenvalue weighted by Crippen LogP contribution is -2.33. The molecule has 2 rings (SSSR count). The second-order valence-electron chi connectivity index (χ2n) is 3.81. The van der Waals surface area contributed by atoms with Crippen molar-refractivity contribution in [3.8, 4) is 0 Å². The lowest BCUT2D eigenvalue weighted by molar-refractivity contribution is 0.496. The summed E-state index contributed by atoms with van der Waals surface area (Å²) in [5.41, 5.74) is 7.96. The maximum atomic E-state index is 5.93. The molecule has 0 bridgehead atoms. The van der Waals surface area contributed by atoms with Crippen LogP contribution >= 0.6 is 0 Å². The summed E-state index contributed by atoms with van der Waals surface area (Å²) >= 11 is 0. The van der Waals surface area contributed by atoms with Crippen LogP contribution < -0.4 is 11.1 Å². The van der Waals surface area contributed by atoms with Crippen molar-refractivity contribution >= 4 is 11.0 Å². The molecule has 0 fully saturated rings. The van der Waals surface area contributed by atoms with Gasteiger partial charge in [0.25, 0.3) is 0 Å². The van der Waals surface area contributed by atoms with Gasteiger partial charge in [-0.05, 0) is 20.0 Å². The highest BCUT2D eigenvalue weighted by atomic mass is 16.3. The number of hydrogen-bond donors (Lipinski definition) is 2.